The molecule has 4 aliphatic rings. The molecule has 0 spiro atoms. The number of aromatic amines is 1. The van der Waals surface area contributed by atoms with E-state index < -0.39 is 21.7 Å². The summed E-state index contributed by atoms with van der Waals surface area (Å²) in [6.07, 6.45) is 10.9. The Bertz CT molecular complexity index is 3150. The monoisotopic (exact) mass is 1060 g/mol. The number of pyridine rings is 2. The van der Waals surface area contributed by atoms with Crippen LogP contribution in [0.1, 0.15) is 123 Å². The van der Waals surface area contributed by atoms with Crippen LogP contribution >= 0.6 is 0 Å². The molecule has 0 unspecified atom stereocenters. The molecule has 18 heteroatoms. The van der Waals surface area contributed by atoms with Crippen LogP contribution in [0.5, 0.6) is 23.1 Å². The van der Waals surface area contributed by atoms with E-state index in [1.807, 2.05) is 0 Å². The number of ether oxygens (including phenoxy) is 3. The lowest BCUT2D eigenvalue weighted by Gasteiger charge is -2.48. The number of anilines is 3. The number of H-pyrrole nitrogens is 1. The molecule has 4 fully saturated rings. The first-order chi connectivity index (χ1) is 36.7. The number of amides is 1. The third-order valence-corrected chi connectivity index (χ3v) is 17.4. The summed E-state index contributed by atoms with van der Waals surface area (Å²) in [6, 6.07) is 23.8. The number of carbonyl (C=O) groups excluding carboxylic acids is 1. The Hall–Kier alpha value is -6.47. The number of piperidine rings is 1. The number of benzene rings is 3. The SMILES string of the molecule is COc1cc(CN2CCN(C3CCN(c4ccc(C(=O)NS(=O)(=O)c5cnc(NCC6CCC(C)CC6)c(N(C)[O-])c5)c(Oc5cc6c(F)c[nH]c6nc5OC)c4)CC3)[C@H](c3ccccc3C(C)C)C2)ccc1C1CC1. The number of methoxy groups -OCH3 is 2. The van der Waals surface area contributed by atoms with E-state index in [9.17, 15) is 22.8 Å². The third kappa shape index (κ3) is 11.6. The second-order valence-electron chi connectivity index (χ2n) is 21.6. The van der Waals surface area contributed by atoms with E-state index in [-0.39, 0.29) is 56.4 Å². The minimum atomic E-state index is -4.58. The molecule has 0 bridgehead atoms. The summed E-state index contributed by atoms with van der Waals surface area (Å²) < 4.78 is 63.1. The number of piperazine rings is 1. The van der Waals surface area contributed by atoms with Crippen molar-refractivity contribution < 1.29 is 31.8 Å². The van der Waals surface area contributed by atoms with Crippen molar-refractivity contribution in [1.82, 2.24) is 29.5 Å². The topological polar surface area (TPSA) is 181 Å². The van der Waals surface area contributed by atoms with Gasteiger partial charge in [-0.15, -0.1) is 0 Å². The number of hydroxylamine groups is 1. The Morgan fingerprint density at radius 3 is 2.39 bits per heavy atom. The number of hydrogen-bond donors (Lipinski definition) is 3. The Balaban J connectivity index is 0.888. The van der Waals surface area contributed by atoms with E-state index in [0.29, 0.717) is 54.4 Å². The van der Waals surface area contributed by atoms with Gasteiger partial charge in [-0.2, -0.15) is 4.98 Å². The second-order valence-corrected chi connectivity index (χ2v) is 23.3. The Kier molecular flexibility index (Phi) is 15.8. The fourth-order valence-electron chi connectivity index (χ4n) is 11.6. The first-order valence-corrected chi connectivity index (χ1v) is 28.4. The van der Waals surface area contributed by atoms with E-state index in [1.54, 1.807) is 19.2 Å². The highest BCUT2D eigenvalue weighted by Gasteiger charge is 2.37. The largest absolute Gasteiger partial charge is 0.758 e. The summed E-state index contributed by atoms with van der Waals surface area (Å²) in [4.78, 5) is 33.0. The summed E-state index contributed by atoms with van der Waals surface area (Å²) in [6.45, 7) is 12.4. The van der Waals surface area contributed by atoms with Crippen molar-refractivity contribution in [2.45, 2.75) is 107 Å². The zero-order chi connectivity index (χ0) is 53.3. The predicted octanol–water partition coefficient (Wildman–Crippen LogP) is 10.7. The average Bonchev–Trinajstić information content (AvgIpc) is 4.22. The van der Waals surface area contributed by atoms with Gasteiger partial charge >= 0.3 is 0 Å². The standard InChI is InChI=1S/C58H71FN9O7S/c1-36(2)44-9-7-8-10-46(44)51-35-66(34-39-15-19-45(40-16-17-40)52(27-39)73-5)25-26-68(51)41-21-23-67(24-22-41)42-18-20-47(53(28-42)75-54-30-48-49(59)33-62-55(48)63-58(54)74-6)57(69)64-76(71,72)43-29-50(65(4)70)56(61-32-43)60-31-38-13-11-37(3)12-14-38/h7-10,15,18-20,27-30,32-33,36-38,40-41,51H,11-14,16-17,21-26,31,34-35H2,1-6H3,(H,60,61)(H,62,63)(H,64,69)/q-1/t37?,38?,51-/m0/s1. The van der Waals surface area contributed by atoms with Crippen LogP contribution in [0.25, 0.3) is 11.0 Å². The minimum absolute atomic E-state index is 0.00115. The van der Waals surface area contributed by atoms with Gasteiger partial charge in [0.15, 0.2) is 5.75 Å². The number of rotatable bonds is 18. The predicted molar refractivity (Wildman–Crippen MR) is 295 cm³/mol. The van der Waals surface area contributed by atoms with Crippen LogP contribution < -0.4 is 34.2 Å². The zero-order valence-corrected chi connectivity index (χ0v) is 45.3. The Morgan fingerprint density at radius 1 is 0.895 bits per heavy atom. The fourth-order valence-corrected chi connectivity index (χ4v) is 12.5. The third-order valence-electron chi connectivity index (χ3n) is 16.1. The number of halogens is 1. The van der Waals surface area contributed by atoms with E-state index in [2.05, 4.69) is 103 Å². The van der Waals surface area contributed by atoms with E-state index in [4.69, 9.17) is 14.2 Å². The van der Waals surface area contributed by atoms with Gasteiger partial charge in [-0.05, 0) is 116 Å². The zero-order valence-electron chi connectivity index (χ0n) is 44.5. The van der Waals surface area contributed by atoms with E-state index >= 15 is 0 Å². The highest BCUT2D eigenvalue weighted by molar-refractivity contribution is 7.90. The van der Waals surface area contributed by atoms with Gasteiger partial charge < -0.3 is 39.7 Å². The van der Waals surface area contributed by atoms with Gasteiger partial charge in [-0.3, -0.25) is 14.6 Å². The Morgan fingerprint density at radius 2 is 1.67 bits per heavy atom. The normalized spacial score (nSPS) is 20.0. The lowest BCUT2D eigenvalue weighted by atomic mass is 9.83. The van der Waals surface area contributed by atoms with Gasteiger partial charge in [0.05, 0.1) is 30.9 Å². The molecule has 6 aromatic rings. The number of sulfonamides is 1. The van der Waals surface area contributed by atoms with Crippen LogP contribution in [-0.4, -0.2) is 106 Å². The quantitative estimate of drug-likeness (QED) is 0.0692. The molecule has 10 rings (SSSR count). The van der Waals surface area contributed by atoms with Gasteiger partial charge in [0.1, 0.15) is 33.7 Å². The van der Waals surface area contributed by atoms with Crippen molar-refractivity contribution in [2.75, 3.05) is 75.8 Å². The van der Waals surface area contributed by atoms with Crippen LogP contribution in [0.4, 0.5) is 21.6 Å². The molecule has 2 saturated carbocycles. The van der Waals surface area contributed by atoms with Gasteiger partial charge in [0, 0.05) is 88.1 Å². The molecule has 2 aliphatic carbocycles. The molecule has 3 N–H and O–H groups in total. The highest BCUT2D eigenvalue weighted by Crippen LogP contribution is 2.45. The number of aromatic nitrogens is 3. The molecule has 1 atom stereocenters. The van der Waals surface area contributed by atoms with Crippen molar-refractivity contribution in [1.29, 1.82) is 0 Å². The summed E-state index contributed by atoms with van der Waals surface area (Å²) in [5, 5.41) is 16.7. The summed E-state index contributed by atoms with van der Waals surface area (Å²) >= 11 is 0. The van der Waals surface area contributed by atoms with Crippen molar-refractivity contribution >= 4 is 44.2 Å². The van der Waals surface area contributed by atoms with Gasteiger partial charge in [-0.25, -0.2) is 22.5 Å². The molecule has 404 valence electrons. The van der Waals surface area contributed by atoms with Gasteiger partial charge in [0.2, 0.25) is 0 Å². The Labute approximate surface area is 446 Å². The molecule has 1 amide bonds. The highest BCUT2D eigenvalue weighted by atomic mass is 32.2. The molecule has 2 saturated heterocycles. The van der Waals surface area contributed by atoms with Crippen molar-refractivity contribution in [2.24, 2.45) is 11.8 Å². The number of fused-ring (bicyclic) bond motifs is 1. The maximum Gasteiger partial charge on any atom is 0.268 e. The lowest BCUT2D eigenvalue weighted by molar-refractivity contribution is 0.0271. The first kappa shape index (κ1) is 52.9. The summed E-state index contributed by atoms with van der Waals surface area (Å²) in [7, 11) is -0.138. The summed E-state index contributed by atoms with van der Waals surface area (Å²) in [5.41, 5.74) is 6.21. The smallest absolute Gasteiger partial charge is 0.268 e. The number of carbonyl (C=O) groups is 1. The molecular weight excluding hydrogens is 986 g/mol. The molecular formula is C58H71FN9O7S-. The molecule has 16 nitrogen and oxygen atoms in total. The maximum absolute atomic E-state index is 15.0. The van der Waals surface area contributed by atoms with Crippen molar-refractivity contribution in [3.8, 4) is 23.1 Å². The van der Waals surface area contributed by atoms with Crippen molar-refractivity contribution in [3.05, 3.63) is 124 Å². The van der Waals surface area contributed by atoms with E-state index in [1.165, 1.54) is 73.6 Å². The second kappa shape index (κ2) is 22.6. The summed E-state index contributed by atoms with van der Waals surface area (Å²) in [5.74, 6) is 1.80. The van der Waals surface area contributed by atoms with Crippen molar-refractivity contribution in [3.63, 3.8) is 0 Å². The fraction of sp³-hybridized carbons (Fsp3) is 0.466. The molecule has 0 radical (unpaired) electrons. The molecule has 3 aromatic heterocycles. The lowest BCUT2D eigenvalue weighted by Crippen LogP contribution is -2.54. The number of nitrogens with zero attached hydrogens (tertiary/aromatic N) is 6. The maximum atomic E-state index is 15.0. The van der Waals surface area contributed by atoms with E-state index in [0.717, 1.165) is 82.3 Å². The van der Waals surface area contributed by atoms with Crippen LogP contribution in [0.15, 0.2) is 90.1 Å². The molecule has 2 aliphatic heterocycles. The van der Waals surface area contributed by atoms with Gasteiger partial charge in [-0.1, -0.05) is 70.0 Å². The number of hydrogen-bond acceptors (Lipinski definition) is 14. The van der Waals surface area contributed by atoms with Crippen LogP contribution in [-0.2, 0) is 16.6 Å². The molecule has 76 heavy (non-hydrogen) atoms. The number of nitrogens with one attached hydrogen (secondary N) is 3. The molecule has 3 aromatic carbocycles. The van der Waals surface area contributed by atoms with Gasteiger partial charge in [0.25, 0.3) is 21.8 Å². The van der Waals surface area contributed by atoms with Crippen LogP contribution in [0.3, 0.4) is 0 Å². The molecule has 5 heterocycles. The first-order valence-electron chi connectivity index (χ1n) is 26.9. The van der Waals surface area contributed by atoms with Crippen LogP contribution in [0.2, 0.25) is 0 Å². The van der Waals surface area contributed by atoms with Crippen LogP contribution in [0, 0.1) is 22.9 Å². The average molecular weight is 1060 g/mol. The minimum Gasteiger partial charge on any atom is -0.758 e.